The van der Waals surface area contributed by atoms with Gasteiger partial charge in [-0.15, -0.1) is 0 Å². The molecule has 0 spiro atoms. The maximum absolute atomic E-state index is 12.3. The lowest BCUT2D eigenvalue weighted by Gasteiger charge is -2.24. The Morgan fingerprint density at radius 2 is 1.75 bits per heavy atom. The predicted molar refractivity (Wildman–Crippen MR) is 91.3 cm³/mol. The third kappa shape index (κ3) is 5.61. The first kappa shape index (κ1) is 20.1. The summed E-state index contributed by atoms with van der Waals surface area (Å²) in [6, 6.07) is 4.66. The van der Waals surface area contributed by atoms with Crippen LogP contribution in [0, 0.1) is 5.92 Å². The molecule has 0 aliphatic rings. The summed E-state index contributed by atoms with van der Waals surface area (Å²) in [4.78, 5) is 36.1. The quantitative estimate of drug-likeness (QED) is 0.588. The van der Waals surface area contributed by atoms with Gasteiger partial charge in [-0.1, -0.05) is 29.8 Å². The third-order valence-electron chi connectivity index (χ3n) is 3.33. The Balaban J connectivity index is 2.82. The summed E-state index contributed by atoms with van der Waals surface area (Å²) in [5.41, 5.74) is 0.406. The van der Waals surface area contributed by atoms with Crippen molar-refractivity contribution in [1.82, 2.24) is 10.6 Å². The molecule has 1 aromatic carbocycles. The van der Waals surface area contributed by atoms with E-state index < -0.39 is 36.5 Å². The molecular weight excluding hydrogens is 380 g/mol. The van der Waals surface area contributed by atoms with Crippen LogP contribution < -0.4 is 10.6 Å². The minimum atomic E-state index is -1.17. The van der Waals surface area contributed by atoms with Crippen molar-refractivity contribution in [2.24, 2.45) is 5.92 Å². The van der Waals surface area contributed by atoms with E-state index >= 15 is 0 Å². The van der Waals surface area contributed by atoms with Crippen molar-refractivity contribution in [3.8, 4) is 0 Å². The van der Waals surface area contributed by atoms with E-state index in [1.54, 1.807) is 38.1 Å². The number of hydrogen-bond acceptors (Lipinski definition) is 5. The number of esters is 1. The Bertz CT molecular complexity index is 589. The number of amides is 2. The largest absolute Gasteiger partial charge is 0.467 e. The molecule has 132 valence electrons. The zero-order chi connectivity index (χ0) is 18.3. The summed E-state index contributed by atoms with van der Waals surface area (Å²) in [5.74, 6) is -1.95. The van der Waals surface area contributed by atoms with Gasteiger partial charge in [0.1, 0.15) is 6.04 Å². The van der Waals surface area contributed by atoms with Crippen LogP contribution in [0.5, 0.6) is 0 Å². The average Bonchev–Trinajstić information content (AvgIpc) is 2.56. The number of methoxy groups -OCH3 is 1. The number of nitrogens with one attached hydrogen (secondary N) is 2. The number of hydrogen-bond donors (Lipinski definition) is 3. The average molecular weight is 401 g/mol. The first-order chi connectivity index (χ1) is 11.3. The van der Waals surface area contributed by atoms with E-state index in [0.29, 0.717) is 5.56 Å². The molecule has 2 atom stereocenters. The number of ether oxygens (including phenoxy) is 1. The summed E-state index contributed by atoms with van der Waals surface area (Å²) >= 11 is 3.28. The molecule has 24 heavy (non-hydrogen) atoms. The van der Waals surface area contributed by atoms with Gasteiger partial charge in [-0.05, 0) is 30.2 Å². The standard InChI is InChI=1S/C16H21BrN2O5/c1-9(2)13(15(22)18-12(8-20)16(23)24-3)19-14(21)10-4-6-11(17)7-5-10/h4-7,9,12-13,20H,8H2,1-3H3,(H,18,22)(H,19,21)/t12-,13-/m0/s1. The summed E-state index contributed by atoms with van der Waals surface area (Å²) < 4.78 is 5.33. The third-order valence-corrected chi connectivity index (χ3v) is 3.86. The first-order valence-electron chi connectivity index (χ1n) is 7.35. The van der Waals surface area contributed by atoms with Crippen molar-refractivity contribution in [3.05, 3.63) is 34.3 Å². The van der Waals surface area contributed by atoms with Crippen LogP contribution in [0.25, 0.3) is 0 Å². The second-order valence-corrected chi connectivity index (χ2v) is 6.38. The van der Waals surface area contributed by atoms with E-state index in [0.717, 1.165) is 11.6 Å². The molecule has 0 unspecified atom stereocenters. The lowest BCUT2D eigenvalue weighted by Crippen LogP contribution is -2.54. The maximum Gasteiger partial charge on any atom is 0.330 e. The summed E-state index contributed by atoms with van der Waals surface area (Å²) in [5, 5.41) is 14.2. The van der Waals surface area contributed by atoms with Gasteiger partial charge in [0.05, 0.1) is 13.7 Å². The Hall–Kier alpha value is -1.93. The Kier molecular flexibility index (Phi) is 7.87. The molecule has 1 aromatic rings. The smallest absolute Gasteiger partial charge is 0.330 e. The van der Waals surface area contributed by atoms with E-state index in [1.165, 1.54) is 0 Å². The number of aliphatic hydroxyl groups is 1. The van der Waals surface area contributed by atoms with Gasteiger partial charge in [0.2, 0.25) is 5.91 Å². The van der Waals surface area contributed by atoms with Gasteiger partial charge in [-0.3, -0.25) is 9.59 Å². The van der Waals surface area contributed by atoms with Crippen LogP contribution in [-0.2, 0) is 14.3 Å². The van der Waals surface area contributed by atoms with Gasteiger partial charge in [-0.2, -0.15) is 0 Å². The molecule has 1 rings (SSSR count). The Morgan fingerprint density at radius 3 is 2.21 bits per heavy atom. The van der Waals surface area contributed by atoms with Gasteiger partial charge < -0.3 is 20.5 Å². The fourth-order valence-electron chi connectivity index (χ4n) is 1.94. The number of halogens is 1. The van der Waals surface area contributed by atoms with E-state index in [1.807, 2.05) is 0 Å². The summed E-state index contributed by atoms with van der Waals surface area (Å²) in [7, 11) is 1.16. The molecule has 0 bridgehead atoms. The first-order valence-corrected chi connectivity index (χ1v) is 8.15. The van der Waals surface area contributed by atoms with E-state index in [9.17, 15) is 19.5 Å². The Labute approximate surface area is 148 Å². The fraction of sp³-hybridized carbons (Fsp3) is 0.438. The van der Waals surface area contributed by atoms with Crippen LogP contribution in [0.4, 0.5) is 0 Å². The molecule has 0 fully saturated rings. The minimum absolute atomic E-state index is 0.221. The van der Waals surface area contributed by atoms with Crippen LogP contribution in [0.2, 0.25) is 0 Å². The van der Waals surface area contributed by atoms with Crippen molar-refractivity contribution in [2.75, 3.05) is 13.7 Å². The van der Waals surface area contributed by atoms with Crippen LogP contribution in [-0.4, -0.2) is 48.7 Å². The molecule has 0 heterocycles. The molecule has 0 aromatic heterocycles. The number of rotatable bonds is 7. The van der Waals surface area contributed by atoms with Gasteiger partial charge >= 0.3 is 5.97 Å². The number of carbonyl (C=O) groups excluding carboxylic acids is 3. The number of aliphatic hydroxyl groups excluding tert-OH is 1. The highest BCUT2D eigenvalue weighted by atomic mass is 79.9. The normalized spacial score (nSPS) is 13.1. The second kappa shape index (κ2) is 9.39. The minimum Gasteiger partial charge on any atom is -0.467 e. The van der Waals surface area contributed by atoms with Crippen LogP contribution in [0.1, 0.15) is 24.2 Å². The molecular formula is C16H21BrN2O5. The van der Waals surface area contributed by atoms with Crippen molar-refractivity contribution >= 4 is 33.7 Å². The van der Waals surface area contributed by atoms with Crippen molar-refractivity contribution in [3.63, 3.8) is 0 Å². The van der Waals surface area contributed by atoms with E-state index in [4.69, 9.17) is 0 Å². The van der Waals surface area contributed by atoms with Gasteiger partial charge in [0, 0.05) is 10.0 Å². The zero-order valence-electron chi connectivity index (χ0n) is 13.7. The van der Waals surface area contributed by atoms with Crippen LogP contribution >= 0.6 is 15.9 Å². The molecule has 0 saturated heterocycles. The van der Waals surface area contributed by atoms with Gasteiger partial charge in [0.25, 0.3) is 5.91 Å². The molecule has 0 aliphatic carbocycles. The highest BCUT2D eigenvalue weighted by Crippen LogP contribution is 2.11. The summed E-state index contributed by atoms with van der Waals surface area (Å²) in [6.45, 7) is 2.93. The number of carbonyl (C=O) groups is 3. The second-order valence-electron chi connectivity index (χ2n) is 5.47. The van der Waals surface area contributed by atoms with Crippen LogP contribution in [0.15, 0.2) is 28.7 Å². The van der Waals surface area contributed by atoms with E-state index in [2.05, 4.69) is 31.3 Å². The highest BCUT2D eigenvalue weighted by molar-refractivity contribution is 9.10. The van der Waals surface area contributed by atoms with E-state index in [-0.39, 0.29) is 5.92 Å². The van der Waals surface area contributed by atoms with Crippen molar-refractivity contribution in [1.29, 1.82) is 0 Å². The predicted octanol–water partition coefficient (Wildman–Crippen LogP) is 0.854. The lowest BCUT2D eigenvalue weighted by atomic mass is 10.0. The molecule has 0 aliphatic heterocycles. The Morgan fingerprint density at radius 1 is 1.17 bits per heavy atom. The topological polar surface area (TPSA) is 105 Å². The molecule has 0 saturated carbocycles. The summed E-state index contributed by atoms with van der Waals surface area (Å²) in [6.07, 6.45) is 0. The monoisotopic (exact) mass is 400 g/mol. The molecule has 0 radical (unpaired) electrons. The van der Waals surface area contributed by atoms with Crippen molar-refractivity contribution < 1.29 is 24.2 Å². The van der Waals surface area contributed by atoms with Gasteiger partial charge in [0.15, 0.2) is 6.04 Å². The molecule has 2 amide bonds. The zero-order valence-corrected chi connectivity index (χ0v) is 15.3. The van der Waals surface area contributed by atoms with Crippen LogP contribution in [0.3, 0.4) is 0 Å². The molecule has 7 nitrogen and oxygen atoms in total. The fourth-order valence-corrected chi connectivity index (χ4v) is 2.21. The lowest BCUT2D eigenvalue weighted by molar-refractivity contribution is -0.146. The number of benzene rings is 1. The van der Waals surface area contributed by atoms with Crippen molar-refractivity contribution in [2.45, 2.75) is 25.9 Å². The highest BCUT2D eigenvalue weighted by Gasteiger charge is 2.29. The molecule has 8 heteroatoms. The molecule has 3 N–H and O–H groups in total. The SMILES string of the molecule is COC(=O)[C@H](CO)NC(=O)[C@@H](NC(=O)c1ccc(Br)cc1)C(C)C. The maximum atomic E-state index is 12.3. The van der Waals surface area contributed by atoms with Gasteiger partial charge in [-0.25, -0.2) is 4.79 Å².